The highest BCUT2D eigenvalue weighted by Crippen LogP contribution is 2.17. The summed E-state index contributed by atoms with van der Waals surface area (Å²) in [7, 11) is -3.79. The molecule has 0 aliphatic heterocycles. The maximum atomic E-state index is 12.0. The monoisotopic (exact) mass is 314 g/mol. The minimum absolute atomic E-state index is 0.332. The van der Waals surface area contributed by atoms with E-state index in [-0.39, 0.29) is 5.75 Å². The van der Waals surface area contributed by atoms with Crippen molar-refractivity contribution >= 4 is 27.5 Å². The molecule has 0 aromatic heterocycles. The molecule has 1 aromatic carbocycles. The molecule has 0 fully saturated rings. The molecule has 0 heterocycles. The van der Waals surface area contributed by atoms with Gasteiger partial charge in [-0.05, 0) is 18.6 Å². The van der Waals surface area contributed by atoms with Crippen molar-refractivity contribution in [1.29, 1.82) is 0 Å². The Balaban J connectivity index is 2.92. The quantitative estimate of drug-likeness (QED) is 0.764. The predicted octanol–water partition coefficient (Wildman–Crippen LogP) is 0.883. The molecule has 0 saturated carbocycles. The van der Waals surface area contributed by atoms with E-state index in [0.717, 1.165) is 0 Å². The summed E-state index contributed by atoms with van der Waals surface area (Å²) in [5, 5.41) is 0.332. The molecule has 0 aliphatic rings. The van der Waals surface area contributed by atoms with Crippen molar-refractivity contribution in [1.82, 2.24) is 4.72 Å². The van der Waals surface area contributed by atoms with E-state index < -0.39 is 27.9 Å². The number of nitrogens with one attached hydrogen (secondary N) is 1. The van der Waals surface area contributed by atoms with Crippen LogP contribution in [0, 0.1) is 18.3 Å². The fourth-order valence-electron chi connectivity index (χ4n) is 1.56. The van der Waals surface area contributed by atoms with Crippen LogP contribution in [-0.4, -0.2) is 20.4 Å². The van der Waals surface area contributed by atoms with Crippen molar-refractivity contribution in [2.75, 3.05) is 0 Å². The van der Waals surface area contributed by atoms with Crippen LogP contribution in [0.15, 0.2) is 24.3 Å². The molecule has 0 saturated heterocycles. The molecule has 1 aromatic rings. The third-order valence-electron chi connectivity index (χ3n) is 2.68. The number of carbonyl (C=O) groups excluding carboxylic acids is 1. The number of nitrogens with two attached hydrogens (primary N) is 1. The molecule has 20 heavy (non-hydrogen) atoms. The van der Waals surface area contributed by atoms with Crippen LogP contribution >= 0.6 is 11.6 Å². The van der Waals surface area contributed by atoms with E-state index in [1.54, 1.807) is 24.3 Å². The van der Waals surface area contributed by atoms with Crippen molar-refractivity contribution in [3.05, 3.63) is 34.9 Å². The molecular weight excluding hydrogens is 300 g/mol. The third kappa shape index (κ3) is 4.53. The Hall–Kier alpha value is -1.55. The van der Waals surface area contributed by atoms with Crippen molar-refractivity contribution in [2.24, 2.45) is 11.7 Å². The van der Waals surface area contributed by atoms with Gasteiger partial charge in [0.1, 0.15) is 6.04 Å². The Morgan fingerprint density at radius 1 is 1.50 bits per heavy atom. The Labute approximate surface area is 123 Å². The summed E-state index contributed by atoms with van der Waals surface area (Å²) in [6.07, 6.45) is 5.19. The molecule has 1 amide bonds. The molecule has 0 bridgehead atoms. The first kappa shape index (κ1) is 16.5. The molecule has 7 heteroatoms. The zero-order valence-corrected chi connectivity index (χ0v) is 12.4. The maximum Gasteiger partial charge on any atom is 0.236 e. The van der Waals surface area contributed by atoms with Gasteiger partial charge in [-0.15, -0.1) is 12.3 Å². The molecule has 108 valence electrons. The Kier molecular flexibility index (Phi) is 5.57. The van der Waals surface area contributed by atoms with E-state index in [0.29, 0.717) is 10.6 Å². The molecule has 2 unspecified atom stereocenters. The maximum absolute atomic E-state index is 12.0. The van der Waals surface area contributed by atoms with Gasteiger partial charge in [-0.25, -0.2) is 13.1 Å². The van der Waals surface area contributed by atoms with Gasteiger partial charge in [0, 0.05) is 10.9 Å². The van der Waals surface area contributed by atoms with Gasteiger partial charge in [0.25, 0.3) is 0 Å². The summed E-state index contributed by atoms with van der Waals surface area (Å²) >= 11 is 5.90. The van der Waals surface area contributed by atoms with E-state index in [1.807, 2.05) is 0 Å². The highest BCUT2D eigenvalue weighted by Gasteiger charge is 2.27. The number of primary amides is 1. The Bertz CT molecular complexity index is 637. The smallest absolute Gasteiger partial charge is 0.236 e. The van der Waals surface area contributed by atoms with E-state index in [9.17, 15) is 13.2 Å². The number of sulfonamides is 1. The van der Waals surface area contributed by atoms with Crippen molar-refractivity contribution in [3.63, 3.8) is 0 Å². The average Bonchev–Trinajstić information content (AvgIpc) is 2.37. The number of halogens is 1. The van der Waals surface area contributed by atoms with Crippen molar-refractivity contribution < 1.29 is 13.2 Å². The second-order valence-electron chi connectivity index (χ2n) is 4.30. The van der Waals surface area contributed by atoms with Crippen LogP contribution in [0.4, 0.5) is 0 Å². The zero-order valence-electron chi connectivity index (χ0n) is 10.8. The lowest BCUT2D eigenvalue weighted by Crippen LogP contribution is -2.48. The Morgan fingerprint density at radius 3 is 2.60 bits per heavy atom. The van der Waals surface area contributed by atoms with Gasteiger partial charge >= 0.3 is 0 Å². The minimum atomic E-state index is -3.79. The van der Waals surface area contributed by atoms with Gasteiger partial charge in [0.15, 0.2) is 0 Å². The summed E-state index contributed by atoms with van der Waals surface area (Å²) in [6.45, 7) is 1.54. The summed E-state index contributed by atoms with van der Waals surface area (Å²) in [5.74, 6) is 0.471. The topological polar surface area (TPSA) is 89.3 Å². The van der Waals surface area contributed by atoms with Gasteiger partial charge in [-0.1, -0.05) is 29.8 Å². The van der Waals surface area contributed by atoms with Crippen molar-refractivity contribution in [2.45, 2.75) is 18.7 Å². The largest absolute Gasteiger partial charge is 0.368 e. The lowest BCUT2D eigenvalue weighted by molar-refractivity contribution is -0.120. The van der Waals surface area contributed by atoms with E-state index >= 15 is 0 Å². The first-order valence-corrected chi connectivity index (χ1v) is 7.78. The van der Waals surface area contributed by atoms with Crippen LogP contribution in [0.25, 0.3) is 0 Å². The summed E-state index contributed by atoms with van der Waals surface area (Å²) in [4.78, 5) is 11.3. The summed E-state index contributed by atoms with van der Waals surface area (Å²) < 4.78 is 26.3. The number of rotatable bonds is 6. The number of amides is 1. The number of hydrogen-bond donors (Lipinski definition) is 2. The van der Waals surface area contributed by atoms with Crippen LogP contribution in [0.5, 0.6) is 0 Å². The lowest BCUT2D eigenvalue weighted by Gasteiger charge is -2.18. The molecule has 1 rings (SSSR count). The minimum Gasteiger partial charge on any atom is -0.368 e. The molecule has 2 atom stereocenters. The lowest BCUT2D eigenvalue weighted by atomic mass is 10.0. The highest BCUT2D eigenvalue weighted by atomic mass is 35.5. The number of benzene rings is 1. The fourth-order valence-corrected chi connectivity index (χ4v) is 3.29. The first-order chi connectivity index (χ1) is 9.26. The SMILES string of the molecule is C#CC(C)C(NS(=O)(=O)Cc1ccccc1Cl)C(N)=O. The molecular formula is C13H15ClN2O3S. The van der Waals surface area contributed by atoms with Crippen LogP contribution in [-0.2, 0) is 20.6 Å². The molecule has 0 aliphatic carbocycles. The summed E-state index contributed by atoms with van der Waals surface area (Å²) in [5.41, 5.74) is 5.59. The van der Waals surface area contributed by atoms with Crippen LogP contribution in [0.2, 0.25) is 5.02 Å². The standard InChI is InChI=1S/C13H15ClN2O3S/c1-3-9(2)12(13(15)17)16-20(18,19)8-10-6-4-5-7-11(10)14/h1,4-7,9,12,16H,8H2,2H3,(H2,15,17). The number of carbonyl (C=O) groups is 1. The van der Waals surface area contributed by atoms with Gasteiger partial charge in [0.05, 0.1) is 5.75 Å². The summed E-state index contributed by atoms with van der Waals surface area (Å²) in [6, 6.07) is 5.39. The zero-order chi connectivity index (χ0) is 15.3. The fraction of sp³-hybridized carbons (Fsp3) is 0.308. The van der Waals surface area contributed by atoms with Gasteiger partial charge in [0.2, 0.25) is 15.9 Å². The second kappa shape index (κ2) is 6.75. The number of hydrogen-bond acceptors (Lipinski definition) is 3. The first-order valence-electron chi connectivity index (χ1n) is 5.75. The normalized spacial score (nSPS) is 14.2. The molecule has 5 nitrogen and oxygen atoms in total. The van der Waals surface area contributed by atoms with Crippen LogP contribution < -0.4 is 10.5 Å². The predicted molar refractivity (Wildman–Crippen MR) is 78.2 cm³/mol. The highest BCUT2D eigenvalue weighted by molar-refractivity contribution is 7.88. The van der Waals surface area contributed by atoms with Crippen LogP contribution in [0.3, 0.4) is 0 Å². The van der Waals surface area contributed by atoms with E-state index in [2.05, 4.69) is 10.6 Å². The van der Waals surface area contributed by atoms with Gasteiger partial charge < -0.3 is 5.73 Å². The Morgan fingerprint density at radius 2 is 2.10 bits per heavy atom. The molecule has 3 N–H and O–H groups in total. The van der Waals surface area contributed by atoms with E-state index in [1.165, 1.54) is 6.92 Å². The van der Waals surface area contributed by atoms with Gasteiger partial charge in [-0.2, -0.15) is 0 Å². The van der Waals surface area contributed by atoms with Gasteiger partial charge in [-0.3, -0.25) is 4.79 Å². The molecule has 0 radical (unpaired) electrons. The molecule has 0 spiro atoms. The average molecular weight is 315 g/mol. The third-order valence-corrected chi connectivity index (χ3v) is 4.35. The number of terminal acetylenes is 1. The van der Waals surface area contributed by atoms with E-state index in [4.69, 9.17) is 23.8 Å². The van der Waals surface area contributed by atoms with Crippen molar-refractivity contribution in [3.8, 4) is 12.3 Å². The van der Waals surface area contributed by atoms with Crippen LogP contribution in [0.1, 0.15) is 12.5 Å². The second-order valence-corrected chi connectivity index (χ2v) is 6.46.